The lowest BCUT2D eigenvalue weighted by atomic mass is 9.83. The van der Waals surface area contributed by atoms with Crippen molar-refractivity contribution in [2.75, 3.05) is 7.11 Å². The van der Waals surface area contributed by atoms with Crippen molar-refractivity contribution in [1.82, 2.24) is 9.13 Å². The molecule has 0 bridgehead atoms. The zero-order valence-corrected chi connectivity index (χ0v) is 26.7. The predicted molar refractivity (Wildman–Crippen MR) is 183 cm³/mol. The number of hydrogen-bond acceptors (Lipinski definition) is 4. The molecule has 8 rings (SSSR count). The van der Waals surface area contributed by atoms with Gasteiger partial charge >= 0.3 is 0 Å². The smallest absolute Gasteiger partial charge is 0.271 e. The van der Waals surface area contributed by atoms with Gasteiger partial charge in [-0.15, -0.1) is 0 Å². The number of benzene rings is 4. The fourth-order valence-electron chi connectivity index (χ4n) is 6.63. The first kappa shape index (κ1) is 28.1. The Balaban J connectivity index is 1.31. The minimum atomic E-state index is -0.268. The van der Waals surface area contributed by atoms with E-state index in [-0.39, 0.29) is 11.6 Å². The van der Waals surface area contributed by atoms with Crippen molar-refractivity contribution in [2.24, 2.45) is 4.99 Å². The summed E-state index contributed by atoms with van der Waals surface area (Å²) in [5, 5.41) is 2.29. The Bertz CT molecular complexity index is 2370. The third-order valence-corrected chi connectivity index (χ3v) is 10.3. The molecule has 3 heterocycles. The van der Waals surface area contributed by atoms with Crippen LogP contribution in [0.1, 0.15) is 40.3 Å². The number of halogens is 2. The summed E-state index contributed by atoms with van der Waals surface area (Å²) < 4.78 is 10.3. The van der Waals surface area contributed by atoms with Crippen molar-refractivity contribution in [3.8, 4) is 5.75 Å². The fraction of sp³-hybridized carbons (Fsp3) is 0.135. The first-order valence-corrected chi connectivity index (χ1v) is 16.3. The van der Waals surface area contributed by atoms with E-state index in [0.717, 1.165) is 63.0 Å². The molecule has 4 aromatic carbocycles. The molecule has 5 nitrogen and oxygen atoms in total. The number of aromatic nitrogens is 2. The number of para-hydroxylation sites is 1. The molecule has 8 heteroatoms. The van der Waals surface area contributed by atoms with Crippen LogP contribution < -0.4 is 19.6 Å². The number of aryl methyl sites for hydroxylation is 1. The van der Waals surface area contributed by atoms with Crippen molar-refractivity contribution in [2.45, 2.75) is 25.4 Å². The molecule has 0 fully saturated rings. The maximum Gasteiger partial charge on any atom is 0.271 e. The van der Waals surface area contributed by atoms with Crippen LogP contribution in [0.3, 0.4) is 0 Å². The van der Waals surface area contributed by atoms with E-state index in [2.05, 4.69) is 53.2 Å². The largest absolute Gasteiger partial charge is 0.497 e. The number of fused-ring (bicyclic) bond motifs is 4. The van der Waals surface area contributed by atoms with Crippen molar-refractivity contribution in [1.29, 1.82) is 0 Å². The lowest BCUT2D eigenvalue weighted by molar-refractivity contribution is 0.413. The Kier molecular flexibility index (Phi) is 7.01. The van der Waals surface area contributed by atoms with Crippen molar-refractivity contribution in [3.05, 3.63) is 160 Å². The summed E-state index contributed by atoms with van der Waals surface area (Å²) in [6, 6.07) is 30.0. The number of allylic oxidation sites excluding steroid dienone is 1. The molecular weight excluding hydrogens is 621 g/mol. The van der Waals surface area contributed by atoms with Crippen molar-refractivity contribution < 1.29 is 4.74 Å². The third kappa shape index (κ3) is 4.85. The average Bonchev–Trinajstić information content (AvgIpc) is 3.57. The van der Waals surface area contributed by atoms with Gasteiger partial charge in [-0.3, -0.25) is 9.36 Å². The normalized spacial score (nSPS) is 15.9. The highest BCUT2D eigenvalue weighted by Gasteiger charge is 2.32. The van der Waals surface area contributed by atoms with E-state index >= 15 is 0 Å². The van der Waals surface area contributed by atoms with E-state index in [1.807, 2.05) is 53.1 Å². The highest BCUT2D eigenvalue weighted by molar-refractivity contribution is 7.07. The Morgan fingerprint density at radius 3 is 2.69 bits per heavy atom. The fourth-order valence-corrected chi connectivity index (χ4v) is 8.09. The molecule has 0 unspecified atom stereocenters. The van der Waals surface area contributed by atoms with Crippen LogP contribution in [0.4, 0.5) is 0 Å². The quantitative estimate of drug-likeness (QED) is 0.193. The highest BCUT2D eigenvalue weighted by Crippen LogP contribution is 2.41. The minimum absolute atomic E-state index is 0.0467. The van der Waals surface area contributed by atoms with Crippen molar-refractivity contribution >= 4 is 57.2 Å². The van der Waals surface area contributed by atoms with E-state index < -0.39 is 0 Å². The molecule has 0 saturated heterocycles. The number of ether oxygens (including phenoxy) is 1. The van der Waals surface area contributed by atoms with E-state index in [1.54, 1.807) is 13.2 Å². The van der Waals surface area contributed by atoms with Gasteiger partial charge in [0.15, 0.2) is 4.80 Å². The maximum atomic E-state index is 14.4. The van der Waals surface area contributed by atoms with Crippen LogP contribution in [-0.4, -0.2) is 16.2 Å². The molecule has 0 amide bonds. The van der Waals surface area contributed by atoms with Gasteiger partial charge in [0.05, 0.1) is 23.4 Å². The van der Waals surface area contributed by atoms with Gasteiger partial charge in [-0.05, 0) is 71.5 Å². The standard InChI is InChI=1S/C37H27Cl2N3O2S/c1-44-27-9-6-8-23(17-27)35-30-16-14-22-7-2-3-11-29(22)34(30)40-37-42(35)36(43)33(45-37)18-25-21-41(32-12-5-4-10-28(25)32)20-24-13-15-26(38)19-31(24)39/h2-13,15,17-19,21,35H,14,16,20H2,1H3/t35-/m1/s1. The third-order valence-electron chi connectivity index (χ3n) is 8.74. The minimum Gasteiger partial charge on any atom is -0.497 e. The van der Waals surface area contributed by atoms with E-state index in [9.17, 15) is 4.79 Å². The van der Waals surface area contributed by atoms with Crippen LogP contribution in [0, 0.1) is 0 Å². The number of nitrogens with zero attached hydrogens (tertiary/aromatic N) is 3. The van der Waals surface area contributed by atoms with Crippen LogP contribution in [-0.2, 0) is 13.0 Å². The highest BCUT2D eigenvalue weighted by atomic mass is 35.5. The average molecular weight is 649 g/mol. The number of rotatable bonds is 5. The SMILES string of the molecule is COc1cccc([C@@H]2C3=C(N=c4sc(=Cc5cn(Cc6ccc(Cl)cc6Cl)c6ccccc56)c(=O)n42)c2ccccc2CC3)c1. The second-order valence-corrected chi connectivity index (χ2v) is 13.2. The summed E-state index contributed by atoms with van der Waals surface area (Å²) in [5.74, 6) is 0.763. The van der Waals surface area contributed by atoms with Crippen LogP contribution >= 0.6 is 34.5 Å². The molecule has 222 valence electrons. The zero-order valence-electron chi connectivity index (χ0n) is 24.3. The molecule has 2 aromatic heterocycles. The number of methoxy groups -OCH3 is 1. The van der Waals surface area contributed by atoms with E-state index in [4.69, 9.17) is 32.9 Å². The Hall–Kier alpha value is -4.36. The summed E-state index contributed by atoms with van der Waals surface area (Å²) >= 11 is 14.1. The van der Waals surface area contributed by atoms with E-state index in [1.165, 1.54) is 16.9 Å². The van der Waals surface area contributed by atoms with Crippen LogP contribution in [0.5, 0.6) is 5.75 Å². The summed E-state index contributed by atoms with van der Waals surface area (Å²) in [4.78, 5) is 20.2. The molecule has 0 radical (unpaired) electrons. The van der Waals surface area contributed by atoms with Gasteiger partial charge in [0.25, 0.3) is 5.56 Å². The molecule has 1 atom stereocenters. The number of hydrogen-bond donors (Lipinski definition) is 0. The summed E-state index contributed by atoms with van der Waals surface area (Å²) in [7, 11) is 1.67. The van der Waals surface area contributed by atoms with Gasteiger partial charge in [-0.1, -0.05) is 95.2 Å². The molecule has 0 N–H and O–H groups in total. The van der Waals surface area contributed by atoms with E-state index in [0.29, 0.717) is 25.9 Å². The molecule has 1 aliphatic carbocycles. The maximum absolute atomic E-state index is 14.4. The Morgan fingerprint density at radius 1 is 0.978 bits per heavy atom. The molecule has 2 aliphatic rings. The van der Waals surface area contributed by atoms with Crippen molar-refractivity contribution in [3.63, 3.8) is 0 Å². The molecule has 45 heavy (non-hydrogen) atoms. The van der Waals surface area contributed by atoms with Gasteiger partial charge in [-0.2, -0.15) is 0 Å². The first-order chi connectivity index (χ1) is 22.0. The van der Waals surface area contributed by atoms with Gasteiger partial charge in [0.2, 0.25) is 0 Å². The molecule has 1 aliphatic heterocycles. The summed E-state index contributed by atoms with van der Waals surface area (Å²) in [6.45, 7) is 0.577. The molecular formula is C37H27Cl2N3O2S. The second-order valence-electron chi connectivity index (χ2n) is 11.4. The van der Waals surface area contributed by atoms with Gasteiger partial charge < -0.3 is 9.30 Å². The molecule has 6 aromatic rings. The first-order valence-electron chi connectivity index (χ1n) is 14.8. The summed E-state index contributed by atoms with van der Waals surface area (Å²) in [5.41, 5.74) is 8.54. The molecule has 0 saturated carbocycles. The Morgan fingerprint density at radius 2 is 1.82 bits per heavy atom. The number of thiazole rings is 1. The predicted octanol–water partition coefficient (Wildman–Crippen LogP) is 7.64. The lowest BCUT2D eigenvalue weighted by Gasteiger charge is -2.31. The van der Waals surface area contributed by atoms with Crippen LogP contribution in [0.15, 0.2) is 113 Å². The zero-order chi connectivity index (χ0) is 30.7. The topological polar surface area (TPSA) is 48.5 Å². The van der Waals surface area contributed by atoms with Gasteiger partial charge in [0, 0.05) is 44.8 Å². The van der Waals surface area contributed by atoms with Gasteiger partial charge in [-0.25, -0.2) is 4.99 Å². The monoisotopic (exact) mass is 647 g/mol. The summed E-state index contributed by atoms with van der Waals surface area (Å²) in [6.07, 6.45) is 5.84. The second kappa shape index (κ2) is 11.2. The van der Waals surface area contributed by atoms with Crippen LogP contribution in [0.25, 0.3) is 22.7 Å². The van der Waals surface area contributed by atoms with Gasteiger partial charge in [0.1, 0.15) is 5.75 Å². The van der Waals surface area contributed by atoms with Crippen LogP contribution in [0.2, 0.25) is 10.0 Å². The molecule has 0 spiro atoms. The lowest BCUT2D eigenvalue weighted by Crippen LogP contribution is -2.38. The Labute approximate surface area is 273 Å².